The van der Waals surface area contributed by atoms with E-state index in [0.717, 1.165) is 31.1 Å². The minimum absolute atomic E-state index is 0.0841. The molecular formula is C15H20O2. The Morgan fingerprint density at radius 2 is 1.94 bits per heavy atom. The number of carbonyl (C=O) groups is 2. The first-order chi connectivity index (χ1) is 8.03. The van der Waals surface area contributed by atoms with Crippen molar-refractivity contribution < 1.29 is 9.59 Å². The minimum atomic E-state index is -0.928. The second-order valence-corrected chi connectivity index (χ2v) is 4.93. The van der Waals surface area contributed by atoms with Crippen molar-refractivity contribution in [3.63, 3.8) is 0 Å². The molecule has 0 aliphatic rings. The van der Waals surface area contributed by atoms with Crippen LogP contribution in [0.5, 0.6) is 0 Å². The third-order valence-corrected chi connectivity index (χ3v) is 2.94. The quantitative estimate of drug-likeness (QED) is 0.428. The van der Waals surface area contributed by atoms with Crippen molar-refractivity contribution in [2.75, 3.05) is 0 Å². The zero-order valence-corrected chi connectivity index (χ0v) is 10.8. The number of unbranched alkanes of at least 4 members (excludes halogenated alkanes) is 1. The van der Waals surface area contributed by atoms with Crippen molar-refractivity contribution in [2.45, 2.75) is 40.0 Å². The standard InChI is InChI=1S/C15H20O2/c1-4-5-8-12-9-6-7-10-13(12)14(17)15(2,3)11-16/h6-7,9-11H,4-5,8H2,1-3H3. The van der Waals surface area contributed by atoms with Crippen LogP contribution in [0.2, 0.25) is 0 Å². The summed E-state index contributed by atoms with van der Waals surface area (Å²) in [7, 11) is 0. The molecule has 0 spiro atoms. The van der Waals surface area contributed by atoms with Gasteiger partial charge in [-0.3, -0.25) is 4.79 Å². The Balaban J connectivity index is 3.04. The van der Waals surface area contributed by atoms with Gasteiger partial charge in [0.05, 0.1) is 5.41 Å². The molecule has 0 aliphatic heterocycles. The summed E-state index contributed by atoms with van der Waals surface area (Å²) in [5, 5.41) is 0. The maximum Gasteiger partial charge on any atom is 0.175 e. The number of carbonyl (C=O) groups excluding carboxylic acids is 2. The summed E-state index contributed by atoms with van der Waals surface area (Å²) < 4.78 is 0. The first kappa shape index (κ1) is 13.6. The summed E-state index contributed by atoms with van der Waals surface area (Å²) in [6.45, 7) is 5.46. The summed E-state index contributed by atoms with van der Waals surface area (Å²) in [6.07, 6.45) is 3.78. The molecule has 17 heavy (non-hydrogen) atoms. The maximum atomic E-state index is 12.3. The Kier molecular flexibility index (Phi) is 4.62. The van der Waals surface area contributed by atoms with Crippen molar-refractivity contribution in [1.29, 1.82) is 0 Å². The summed E-state index contributed by atoms with van der Waals surface area (Å²) in [4.78, 5) is 23.2. The van der Waals surface area contributed by atoms with Gasteiger partial charge in [0.1, 0.15) is 6.29 Å². The number of benzene rings is 1. The predicted molar refractivity (Wildman–Crippen MR) is 69.2 cm³/mol. The molecule has 1 aromatic rings. The number of aldehydes is 1. The molecule has 0 radical (unpaired) electrons. The molecule has 0 N–H and O–H groups in total. The zero-order valence-electron chi connectivity index (χ0n) is 10.8. The molecule has 0 aliphatic carbocycles. The topological polar surface area (TPSA) is 34.1 Å². The van der Waals surface area contributed by atoms with Crippen molar-refractivity contribution in [2.24, 2.45) is 5.41 Å². The van der Waals surface area contributed by atoms with E-state index >= 15 is 0 Å². The van der Waals surface area contributed by atoms with Gasteiger partial charge in [0.25, 0.3) is 0 Å². The van der Waals surface area contributed by atoms with E-state index in [1.54, 1.807) is 13.8 Å². The first-order valence-corrected chi connectivity index (χ1v) is 6.12. The molecule has 2 heteroatoms. The Labute approximate surface area is 103 Å². The Morgan fingerprint density at radius 1 is 1.29 bits per heavy atom. The van der Waals surface area contributed by atoms with Crippen molar-refractivity contribution in [3.8, 4) is 0 Å². The van der Waals surface area contributed by atoms with E-state index in [4.69, 9.17) is 0 Å². The number of ketones is 1. The number of hydrogen-bond acceptors (Lipinski definition) is 2. The van der Waals surface area contributed by atoms with Crippen LogP contribution in [0.25, 0.3) is 0 Å². The van der Waals surface area contributed by atoms with E-state index in [2.05, 4.69) is 6.92 Å². The van der Waals surface area contributed by atoms with Gasteiger partial charge in [-0.25, -0.2) is 0 Å². The van der Waals surface area contributed by atoms with Crippen LogP contribution in [-0.4, -0.2) is 12.1 Å². The van der Waals surface area contributed by atoms with E-state index in [1.165, 1.54) is 0 Å². The molecule has 92 valence electrons. The van der Waals surface area contributed by atoms with Crippen LogP contribution in [0.15, 0.2) is 24.3 Å². The van der Waals surface area contributed by atoms with Gasteiger partial charge >= 0.3 is 0 Å². The lowest BCUT2D eigenvalue weighted by Gasteiger charge is -2.17. The Bertz CT molecular complexity index is 405. The van der Waals surface area contributed by atoms with Gasteiger partial charge in [-0.05, 0) is 32.3 Å². The number of aryl methyl sites for hydroxylation is 1. The minimum Gasteiger partial charge on any atom is -0.302 e. The van der Waals surface area contributed by atoms with Gasteiger partial charge in [0, 0.05) is 5.56 Å². The predicted octanol–water partition coefficient (Wildman–Crippen LogP) is 3.44. The number of Topliss-reactive ketones (excluding diaryl/α,β-unsaturated/α-hetero) is 1. The van der Waals surface area contributed by atoms with Crippen LogP contribution in [-0.2, 0) is 11.2 Å². The van der Waals surface area contributed by atoms with Crippen LogP contribution in [0.1, 0.15) is 49.5 Å². The Hall–Kier alpha value is -1.44. The fraction of sp³-hybridized carbons (Fsp3) is 0.467. The van der Waals surface area contributed by atoms with Gasteiger partial charge in [-0.2, -0.15) is 0 Å². The molecule has 0 bridgehead atoms. The van der Waals surface area contributed by atoms with Crippen molar-refractivity contribution in [3.05, 3.63) is 35.4 Å². The van der Waals surface area contributed by atoms with E-state index in [-0.39, 0.29) is 5.78 Å². The van der Waals surface area contributed by atoms with E-state index < -0.39 is 5.41 Å². The lowest BCUT2D eigenvalue weighted by molar-refractivity contribution is -0.112. The van der Waals surface area contributed by atoms with Gasteiger partial charge in [0.2, 0.25) is 0 Å². The second kappa shape index (κ2) is 5.76. The zero-order chi connectivity index (χ0) is 12.9. The number of rotatable bonds is 6. The average molecular weight is 232 g/mol. The third kappa shape index (κ3) is 3.26. The lowest BCUT2D eigenvalue weighted by Crippen LogP contribution is -2.26. The smallest absolute Gasteiger partial charge is 0.175 e. The van der Waals surface area contributed by atoms with Gasteiger partial charge in [0.15, 0.2) is 5.78 Å². The highest BCUT2D eigenvalue weighted by Crippen LogP contribution is 2.22. The van der Waals surface area contributed by atoms with E-state index in [9.17, 15) is 9.59 Å². The second-order valence-electron chi connectivity index (χ2n) is 4.93. The fourth-order valence-electron chi connectivity index (χ4n) is 1.73. The molecule has 0 amide bonds. The highest BCUT2D eigenvalue weighted by atomic mass is 16.1. The molecule has 0 aromatic heterocycles. The van der Waals surface area contributed by atoms with Crippen molar-refractivity contribution >= 4 is 12.1 Å². The number of hydrogen-bond donors (Lipinski definition) is 0. The molecule has 1 aromatic carbocycles. The molecule has 0 unspecified atom stereocenters. The van der Waals surface area contributed by atoms with E-state index in [1.807, 2.05) is 24.3 Å². The molecule has 1 rings (SSSR count). The average Bonchev–Trinajstić information content (AvgIpc) is 2.35. The molecule has 0 fully saturated rings. The van der Waals surface area contributed by atoms with E-state index in [0.29, 0.717) is 5.56 Å². The molecular weight excluding hydrogens is 212 g/mol. The SMILES string of the molecule is CCCCc1ccccc1C(=O)C(C)(C)C=O. The fourth-order valence-corrected chi connectivity index (χ4v) is 1.73. The monoisotopic (exact) mass is 232 g/mol. The summed E-state index contributed by atoms with van der Waals surface area (Å²) in [6, 6.07) is 7.58. The van der Waals surface area contributed by atoms with Crippen molar-refractivity contribution in [1.82, 2.24) is 0 Å². The maximum absolute atomic E-state index is 12.3. The van der Waals surface area contributed by atoms with Crippen LogP contribution in [0.4, 0.5) is 0 Å². The van der Waals surface area contributed by atoms with Crippen LogP contribution in [0, 0.1) is 5.41 Å². The molecule has 0 heterocycles. The summed E-state index contributed by atoms with van der Waals surface area (Å²) in [5.41, 5.74) is 0.815. The van der Waals surface area contributed by atoms with Crippen LogP contribution < -0.4 is 0 Å². The lowest BCUT2D eigenvalue weighted by atomic mass is 9.83. The molecule has 2 nitrogen and oxygen atoms in total. The molecule has 0 saturated carbocycles. The van der Waals surface area contributed by atoms with Crippen LogP contribution >= 0.6 is 0 Å². The highest BCUT2D eigenvalue weighted by Gasteiger charge is 2.29. The molecule has 0 saturated heterocycles. The van der Waals surface area contributed by atoms with Gasteiger partial charge in [-0.1, -0.05) is 37.6 Å². The first-order valence-electron chi connectivity index (χ1n) is 6.12. The molecule has 0 atom stereocenters. The largest absolute Gasteiger partial charge is 0.302 e. The van der Waals surface area contributed by atoms with Gasteiger partial charge in [-0.15, -0.1) is 0 Å². The van der Waals surface area contributed by atoms with Crippen LogP contribution in [0.3, 0.4) is 0 Å². The Morgan fingerprint density at radius 3 is 2.53 bits per heavy atom. The van der Waals surface area contributed by atoms with Gasteiger partial charge < -0.3 is 4.79 Å². The summed E-state index contributed by atoms with van der Waals surface area (Å²) in [5.74, 6) is -0.0841. The normalized spacial score (nSPS) is 11.2. The third-order valence-electron chi connectivity index (χ3n) is 2.94. The highest BCUT2D eigenvalue weighted by molar-refractivity contribution is 6.09. The summed E-state index contributed by atoms with van der Waals surface area (Å²) >= 11 is 0.